The lowest BCUT2D eigenvalue weighted by molar-refractivity contribution is -0.138. The first-order chi connectivity index (χ1) is 12.9. The highest BCUT2D eigenvalue weighted by atomic mass is 16.5. The van der Waals surface area contributed by atoms with Crippen molar-refractivity contribution in [1.29, 1.82) is 5.26 Å². The summed E-state index contributed by atoms with van der Waals surface area (Å²) in [6.07, 6.45) is 0.800. The standard InChI is InChI=1S/C21H25N3O3/c1-4-15-7-10-19(27-12-11-24(2)3)18(13-15)20(21(25)26)23-17-8-5-16(14-22)6-9-17/h5-10,13,20,23H,4,11-12H2,1-3H3,(H,25,26). The number of carboxylic acid groups (broad SMARTS) is 1. The quantitative estimate of drug-likeness (QED) is 0.707. The maximum Gasteiger partial charge on any atom is 0.330 e. The van der Waals surface area contributed by atoms with Crippen LogP contribution in [0.1, 0.15) is 29.7 Å². The number of benzene rings is 2. The zero-order chi connectivity index (χ0) is 19.8. The maximum atomic E-state index is 12.0. The number of aryl methyl sites for hydroxylation is 1. The van der Waals surface area contributed by atoms with Gasteiger partial charge in [-0.1, -0.05) is 13.0 Å². The number of hydrogen-bond donors (Lipinski definition) is 2. The number of carbonyl (C=O) groups is 1. The Morgan fingerprint density at radius 2 is 1.96 bits per heavy atom. The van der Waals surface area contributed by atoms with Crippen LogP contribution in [0.2, 0.25) is 0 Å². The highest BCUT2D eigenvalue weighted by molar-refractivity contribution is 5.80. The molecule has 0 aliphatic rings. The molecule has 0 radical (unpaired) electrons. The lowest BCUT2D eigenvalue weighted by atomic mass is 10.0. The van der Waals surface area contributed by atoms with Gasteiger partial charge in [0.05, 0.1) is 11.6 Å². The molecule has 6 nitrogen and oxygen atoms in total. The molecule has 0 fully saturated rings. The number of nitrogens with one attached hydrogen (secondary N) is 1. The molecule has 0 aliphatic heterocycles. The first-order valence-electron chi connectivity index (χ1n) is 8.84. The summed E-state index contributed by atoms with van der Waals surface area (Å²) in [5.41, 5.74) is 2.78. The number of anilines is 1. The molecule has 27 heavy (non-hydrogen) atoms. The third-order valence-electron chi connectivity index (χ3n) is 4.16. The molecule has 0 amide bonds. The van der Waals surface area contributed by atoms with Gasteiger partial charge in [-0.2, -0.15) is 5.26 Å². The predicted octanol–water partition coefficient (Wildman–Crippen LogP) is 3.30. The molecule has 0 aromatic heterocycles. The highest BCUT2D eigenvalue weighted by Crippen LogP contribution is 2.30. The van der Waals surface area contributed by atoms with Gasteiger partial charge in [0.25, 0.3) is 0 Å². The average Bonchev–Trinajstić information content (AvgIpc) is 2.66. The number of nitrogens with zero attached hydrogens (tertiary/aromatic N) is 2. The summed E-state index contributed by atoms with van der Waals surface area (Å²) in [6.45, 7) is 3.22. The van der Waals surface area contributed by atoms with E-state index in [1.54, 1.807) is 24.3 Å². The molecule has 6 heteroatoms. The molecule has 0 bridgehead atoms. The Balaban J connectivity index is 2.32. The Labute approximate surface area is 160 Å². The minimum absolute atomic E-state index is 0.467. The van der Waals surface area contributed by atoms with Gasteiger partial charge in [-0.15, -0.1) is 0 Å². The van der Waals surface area contributed by atoms with Crippen LogP contribution in [0.15, 0.2) is 42.5 Å². The van der Waals surface area contributed by atoms with Crippen molar-refractivity contribution < 1.29 is 14.6 Å². The Bertz CT molecular complexity index is 810. The lowest BCUT2D eigenvalue weighted by Gasteiger charge is -2.21. The van der Waals surface area contributed by atoms with Crippen LogP contribution in [0.4, 0.5) is 5.69 Å². The zero-order valence-corrected chi connectivity index (χ0v) is 15.9. The van der Waals surface area contributed by atoms with E-state index in [-0.39, 0.29) is 0 Å². The third-order valence-corrected chi connectivity index (χ3v) is 4.16. The summed E-state index contributed by atoms with van der Waals surface area (Å²) in [6, 6.07) is 13.5. The molecule has 2 rings (SSSR count). The first kappa shape index (κ1) is 20.3. The van der Waals surface area contributed by atoms with Crippen LogP contribution in [0.3, 0.4) is 0 Å². The van der Waals surface area contributed by atoms with Crippen molar-refractivity contribution in [3.63, 3.8) is 0 Å². The molecule has 1 unspecified atom stereocenters. The van der Waals surface area contributed by atoms with Gasteiger partial charge in [-0.3, -0.25) is 0 Å². The predicted molar refractivity (Wildman–Crippen MR) is 105 cm³/mol. The van der Waals surface area contributed by atoms with E-state index < -0.39 is 12.0 Å². The minimum Gasteiger partial charge on any atom is -0.492 e. The van der Waals surface area contributed by atoms with E-state index in [2.05, 4.69) is 11.4 Å². The second kappa shape index (κ2) is 9.60. The average molecular weight is 367 g/mol. The van der Waals surface area contributed by atoms with Crippen molar-refractivity contribution in [2.24, 2.45) is 0 Å². The summed E-state index contributed by atoms with van der Waals surface area (Å²) in [7, 11) is 3.91. The Kier molecular flexibility index (Phi) is 7.21. The van der Waals surface area contributed by atoms with E-state index in [9.17, 15) is 9.90 Å². The van der Waals surface area contributed by atoms with Crippen molar-refractivity contribution in [2.75, 3.05) is 32.6 Å². The number of nitriles is 1. The van der Waals surface area contributed by atoms with Gasteiger partial charge in [0.1, 0.15) is 12.4 Å². The fraction of sp³-hybridized carbons (Fsp3) is 0.333. The fourth-order valence-corrected chi connectivity index (χ4v) is 2.59. The van der Waals surface area contributed by atoms with Gasteiger partial charge in [0, 0.05) is 17.8 Å². The smallest absolute Gasteiger partial charge is 0.330 e. The van der Waals surface area contributed by atoms with Crippen LogP contribution in [-0.4, -0.2) is 43.2 Å². The van der Waals surface area contributed by atoms with Crippen molar-refractivity contribution in [1.82, 2.24) is 4.90 Å². The van der Waals surface area contributed by atoms with Gasteiger partial charge in [0.15, 0.2) is 6.04 Å². The van der Waals surface area contributed by atoms with Crippen LogP contribution >= 0.6 is 0 Å². The van der Waals surface area contributed by atoms with Crippen LogP contribution in [0.25, 0.3) is 0 Å². The van der Waals surface area contributed by atoms with Crippen LogP contribution in [-0.2, 0) is 11.2 Å². The summed E-state index contributed by atoms with van der Waals surface area (Å²) in [5, 5.41) is 21.8. The Hall–Kier alpha value is -3.04. The molecular formula is C21H25N3O3. The van der Waals surface area contributed by atoms with Crippen molar-refractivity contribution in [2.45, 2.75) is 19.4 Å². The molecule has 0 spiro atoms. The molecule has 2 aromatic carbocycles. The van der Waals surface area contributed by atoms with Crippen molar-refractivity contribution in [3.8, 4) is 11.8 Å². The number of rotatable bonds is 9. The number of carboxylic acids is 1. The Morgan fingerprint density at radius 3 is 2.52 bits per heavy atom. The summed E-state index contributed by atoms with van der Waals surface area (Å²) in [4.78, 5) is 14.0. The monoisotopic (exact) mass is 367 g/mol. The number of ether oxygens (including phenoxy) is 1. The normalized spacial score (nSPS) is 11.7. The third kappa shape index (κ3) is 5.73. The largest absolute Gasteiger partial charge is 0.492 e. The number of hydrogen-bond acceptors (Lipinski definition) is 5. The molecule has 0 saturated heterocycles. The van der Waals surface area contributed by atoms with Crippen molar-refractivity contribution >= 4 is 11.7 Å². The molecule has 0 heterocycles. The zero-order valence-electron chi connectivity index (χ0n) is 15.9. The van der Waals surface area contributed by atoms with E-state index in [4.69, 9.17) is 10.00 Å². The van der Waals surface area contributed by atoms with E-state index >= 15 is 0 Å². The van der Waals surface area contributed by atoms with Crippen molar-refractivity contribution in [3.05, 3.63) is 59.2 Å². The highest BCUT2D eigenvalue weighted by Gasteiger charge is 2.24. The van der Waals surface area contributed by atoms with Gasteiger partial charge >= 0.3 is 5.97 Å². The topological polar surface area (TPSA) is 85.6 Å². The molecule has 2 N–H and O–H groups in total. The molecule has 0 saturated carbocycles. The summed E-state index contributed by atoms with van der Waals surface area (Å²) < 4.78 is 5.86. The SMILES string of the molecule is CCc1ccc(OCCN(C)C)c(C(Nc2ccc(C#N)cc2)C(=O)O)c1. The fourth-order valence-electron chi connectivity index (χ4n) is 2.59. The second-order valence-electron chi connectivity index (χ2n) is 6.48. The van der Waals surface area contributed by atoms with E-state index in [0.29, 0.717) is 29.2 Å². The van der Waals surface area contributed by atoms with E-state index in [0.717, 1.165) is 18.5 Å². The summed E-state index contributed by atoms with van der Waals surface area (Å²) in [5.74, 6) is -0.437. The minimum atomic E-state index is -0.995. The Morgan fingerprint density at radius 1 is 1.26 bits per heavy atom. The molecule has 0 aliphatic carbocycles. The molecular weight excluding hydrogens is 342 g/mol. The van der Waals surface area contributed by atoms with Gasteiger partial charge in [0.2, 0.25) is 0 Å². The molecule has 142 valence electrons. The summed E-state index contributed by atoms with van der Waals surface area (Å²) >= 11 is 0. The van der Waals surface area contributed by atoms with Crippen LogP contribution < -0.4 is 10.1 Å². The van der Waals surface area contributed by atoms with E-state index in [1.807, 2.05) is 44.1 Å². The second-order valence-corrected chi connectivity index (χ2v) is 6.48. The molecule has 2 aromatic rings. The number of aliphatic carboxylic acids is 1. The van der Waals surface area contributed by atoms with Gasteiger partial charge in [-0.25, -0.2) is 4.79 Å². The molecule has 1 atom stereocenters. The lowest BCUT2D eigenvalue weighted by Crippen LogP contribution is -2.23. The van der Waals surface area contributed by atoms with Crippen LogP contribution in [0, 0.1) is 11.3 Å². The number of likely N-dealkylation sites (N-methyl/N-ethyl adjacent to an activating group) is 1. The van der Waals surface area contributed by atoms with Gasteiger partial charge in [-0.05, 0) is 62.5 Å². The first-order valence-corrected chi connectivity index (χ1v) is 8.84. The maximum absolute atomic E-state index is 12.0. The van der Waals surface area contributed by atoms with Crippen LogP contribution in [0.5, 0.6) is 5.75 Å². The van der Waals surface area contributed by atoms with E-state index in [1.165, 1.54) is 0 Å². The van der Waals surface area contributed by atoms with Gasteiger partial charge < -0.3 is 20.1 Å².